The van der Waals surface area contributed by atoms with E-state index in [1.54, 1.807) is 48.5 Å². The maximum absolute atomic E-state index is 13.4. The van der Waals surface area contributed by atoms with Crippen LogP contribution in [0.4, 0.5) is 17.1 Å². The number of nitrogen functional groups attached to an aromatic ring is 1. The summed E-state index contributed by atoms with van der Waals surface area (Å²) in [5.74, 6) is -1.44. The normalized spacial score (nSPS) is 10.5. The highest BCUT2D eigenvalue weighted by atomic mass is 16.2. The Bertz CT molecular complexity index is 1440. The number of anilines is 3. The zero-order chi connectivity index (χ0) is 24.9. The minimum Gasteiger partial charge on any atom is -0.397 e. The Hall–Kier alpha value is -4.78. The van der Waals surface area contributed by atoms with Gasteiger partial charge in [-0.3, -0.25) is 19.2 Å². The van der Waals surface area contributed by atoms with Crippen molar-refractivity contribution in [3.8, 4) is 0 Å². The molecular weight excluding hydrogens is 442 g/mol. The molecule has 0 saturated carbocycles. The second kappa shape index (κ2) is 10.0. The van der Waals surface area contributed by atoms with E-state index in [4.69, 9.17) is 5.73 Å². The van der Waals surface area contributed by atoms with E-state index < -0.39 is 11.8 Å². The van der Waals surface area contributed by atoms with Gasteiger partial charge in [0.15, 0.2) is 5.78 Å². The third kappa shape index (κ3) is 5.25. The van der Waals surface area contributed by atoms with Crippen LogP contribution in [0.1, 0.15) is 39.6 Å². The van der Waals surface area contributed by atoms with Crippen LogP contribution in [0.2, 0.25) is 0 Å². The molecule has 0 saturated heterocycles. The van der Waals surface area contributed by atoms with Gasteiger partial charge < -0.3 is 16.4 Å². The number of Topliss-reactive ketones (excluding diaryl/α,β-unsaturated/α-hetero) is 1. The van der Waals surface area contributed by atoms with E-state index in [9.17, 15) is 19.2 Å². The first kappa shape index (κ1) is 23.4. The van der Waals surface area contributed by atoms with Crippen molar-refractivity contribution in [2.75, 3.05) is 16.4 Å². The van der Waals surface area contributed by atoms with Gasteiger partial charge in [0, 0.05) is 22.5 Å². The Kier molecular flexibility index (Phi) is 6.69. The molecule has 0 unspecified atom stereocenters. The number of nitrogens with two attached hydrogens (primary N) is 1. The number of carbonyl (C=O) groups excluding carboxylic acids is 4. The fourth-order valence-electron chi connectivity index (χ4n) is 3.80. The predicted octanol–water partition coefficient (Wildman–Crippen LogP) is 4.82. The molecule has 4 N–H and O–H groups in total. The lowest BCUT2D eigenvalue weighted by Gasteiger charge is -2.15. The van der Waals surface area contributed by atoms with Gasteiger partial charge >= 0.3 is 0 Å². The first-order chi connectivity index (χ1) is 16.8. The molecule has 4 rings (SSSR count). The summed E-state index contributed by atoms with van der Waals surface area (Å²) >= 11 is 0. The molecule has 0 heterocycles. The van der Waals surface area contributed by atoms with E-state index in [0.717, 1.165) is 0 Å². The number of nitrogens with one attached hydrogen (secondary N) is 2. The van der Waals surface area contributed by atoms with Crippen LogP contribution < -0.4 is 16.4 Å². The van der Waals surface area contributed by atoms with Gasteiger partial charge in [0.2, 0.25) is 5.91 Å². The smallest absolute Gasteiger partial charge is 0.258 e. The molecule has 0 aromatic heterocycles. The quantitative estimate of drug-likeness (QED) is 0.205. The molecule has 0 aliphatic carbocycles. The van der Waals surface area contributed by atoms with Crippen LogP contribution in [0.25, 0.3) is 10.8 Å². The highest BCUT2D eigenvalue weighted by Gasteiger charge is 2.22. The van der Waals surface area contributed by atoms with Crippen LogP contribution in [0.3, 0.4) is 0 Å². The van der Waals surface area contributed by atoms with E-state index >= 15 is 0 Å². The Morgan fingerprint density at radius 3 is 2.09 bits per heavy atom. The van der Waals surface area contributed by atoms with Crippen molar-refractivity contribution >= 4 is 51.2 Å². The molecule has 35 heavy (non-hydrogen) atoms. The van der Waals surface area contributed by atoms with Crippen LogP contribution in [0.15, 0.2) is 84.9 Å². The number of carbonyl (C=O) groups is 4. The first-order valence-electron chi connectivity index (χ1n) is 10.9. The third-order valence-corrected chi connectivity index (χ3v) is 5.43. The summed E-state index contributed by atoms with van der Waals surface area (Å²) in [4.78, 5) is 49.5. The molecule has 0 atom stereocenters. The number of benzene rings is 4. The van der Waals surface area contributed by atoms with Crippen LogP contribution in [0, 0.1) is 0 Å². The second-order valence-corrected chi connectivity index (χ2v) is 8.09. The van der Waals surface area contributed by atoms with Gasteiger partial charge in [-0.15, -0.1) is 0 Å². The summed E-state index contributed by atoms with van der Waals surface area (Å²) in [7, 11) is 0. The zero-order valence-electron chi connectivity index (χ0n) is 19.0. The fraction of sp³-hybridized carbons (Fsp3) is 0.0714. The van der Waals surface area contributed by atoms with Crippen LogP contribution in [-0.2, 0) is 9.59 Å². The van der Waals surface area contributed by atoms with Gasteiger partial charge in [-0.05, 0) is 60.2 Å². The second-order valence-electron chi connectivity index (χ2n) is 8.09. The number of fused-ring (bicyclic) bond motifs is 1. The van der Waals surface area contributed by atoms with Gasteiger partial charge in [0.1, 0.15) is 5.78 Å². The number of hydrogen-bond donors (Lipinski definition) is 3. The summed E-state index contributed by atoms with van der Waals surface area (Å²) in [6, 6.07) is 24.2. The summed E-state index contributed by atoms with van der Waals surface area (Å²) in [6.45, 7) is 1.34. The van der Waals surface area contributed by atoms with Crippen molar-refractivity contribution in [3.05, 3.63) is 102 Å². The maximum atomic E-state index is 13.4. The summed E-state index contributed by atoms with van der Waals surface area (Å²) in [5.41, 5.74) is 8.34. The van der Waals surface area contributed by atoms with Gasteiger partial charge in [-0.25, -0.2) is 0 Å². The maximum Gasteiger partial charge on any atom is 0.258 e. The molecule has 0 radical (unpaired) electrons. The van der Waals surface area contributed by atoms with Crippen molar-refractivity contribution < 1.29 is 19.2 Å². The van der Waals surface area contributed by atoms with Crippen LogP contribution in [-0.4, -0.2) is 23.4 Å². The molecule has 7 nitrogen and oxygen atoms in total. The predicted molar refractivity (Wildman–Crippen MR) is 137 cm³/mol. The average molecular weight is 466 g/mol. The number of ketones is 2. The largest absolute Gasteiger partial charge is 0.397 e. The molecule has 4 aromatic rings. The molecule has 0 bridgehead atoms. The Morgan fingerprint density at radius 2 is 1.40 bits per heavy atom. The first-order valence-corrected chi connectivity index (χ1v) is 10.9. The Morgan fingerprint density at radius 1 is 0.771 bits per heavy atom. The summed E-state index contributed by atoms with van der Waals surface area (Å²) in [6.07, 6.45) is -0.220. The molecule has 0 aliphatic rings. The van der Waals surface area contributed by atoms with Gasteiger partial charge in [0.05, 0.1) is 17.7 Å². The summed E-state index contributed by atoms with van der Waals surface area (Å²) in [5, 5.41) is 6.80. The Labute approximate surface area is 202 Å². The lowest BCUT2D eigenvalue weighted by Crippen LogP contribution is -2.17. The molecule has 7 heteroatoms. The SMILES string of the molecule is CC(=O)CC(=O)Nc1ccc(C(=O)c2cc3ccccc3c(C(=O)Nc3ccccc3)c2N)cc1. The minimum absolute atomic E-state index is 0.0842. The lowest BCUT2D eigenvalue weighted by atomic mass is 9.93. The minimum atomic E-state index is -0.426. The van der Waals surface area contributed by atoms with Crippen molar-refractivity contribution in [1.82, 2.24) is 0 Å². The molecule has 2 amide bonds. The molecule has 174 valence electrons. The Balaban J connectivity index is 1.68. The van der Waals surface area contributed by atoms with Crippen molar-refractivity contribution in [2.24, 2.45) is 0 Å². The lowest BCUT2D eigenvalue weighted by molar-refractivity contribution is -0.124. The summed E-state index contributed by atoms with van der Waals surface area (Å²) < 4.78 is 0. The van der Waals surface area contributed by atoms with E-state index in [1.807, 2.05) is 36.4 Å². The highest BCUT2D eigenvalue weighted by molar-refractivity contribution is 6.22. The fourth-order valence-corrected chi connectivity index (χ4v) is 3.80. The molecule has 4 aromatic carbocycles. The topological polar surface area (TPSA) is 118 Å². The number of para-hydroxylation sites is 1. The molecular formula is C28H23N3O4. The molecule has 0 aliphatic heterocycles. The van der Waals surface area contributed by atoms with Crippen LogP contribution in [0.5, 0.6) is 0 Å². The van der Waals surface area contributed by atoms with Crippen molar-refractivity contribution in [1.29, 1.82) is 0 Å². The highest BCUT2D eigenvalue weighted by Crippen LogP contribution is 2.31. The van der Waals surface area contributed by atoms with Gasteiger partial charge in [-0.2, -0.15) is 0 Å². The van der Waals surface area contributed by atoms with E-state index in [2.05, 4.69) is 10.6 Å². The van der Waals surface area contributed by atoms with E-state index in [1.165, 1.54) is 6.92 Å². The standard InChI is InChI=1S/C28H23N3O4/c1-17(32)15-24(33)30-21-13-11-18(12-14-21)27(34)23-16-19-7-5-6-10-22(19)25(26(23)29)28(35)31-20-8-3-2-4-9-20/h2-14,16H,15,29H2,1H3,(H,30,33)(H,31,35). The van der Waals surface area contributed by atoms with E-state index in [-0.39, 0.29) is 34.8 Å². The number of amides is 2. The number of rotatable bonds is 7. The number of hydrogen-bond acceptors (Lipinski definition) is 5. The average Bonchev–Trinajstić information content (AvgIpc) is 2.83. The van der Waals surface area contributed by atoms with Gasteiger partial charge in [0.25, 0.3) is 5.91 Å². The van der Waals surface area contributed by atoms with Gasteiger partial charge in [-0.1, -0.05) is 42.5 Å². The molecule has 0 fully saturated rings. The third-order valence-electron chi connectivity index (χ3n) is 5.43. The zero-order valence-corrected chi connectivity index (χ0v) is 19.0. The molecule has 0 spiro atoms. The van der Waals surface area contributed by atoms with Crippen molar-refractivity contribution in [3.63, 3.8) is 0 Å². The van der Waals surface area contributed by atoms with Crippen LogP contribution >= 0.6 is 0 Å². The monoisotopic (exact) mass is 465 g/mol. The van der Waals surface area contributed by atoms with E-state index in [0.29, 0.717) is 27.7 Å². The van der Waals surface area contributed by atoms with Crippen molar-refractivity contribution in [2.45, 2.75) is 13.3 Å².